The fraction of sp³-hybridized carbons (Fsp3) is 0.652. The Morgan fingerprint density at radius 2 is 2.07 bits per heavy atom. The van der Waals surface area contributed by atoms with E-state index in [-0.39, 0.29) is 12.0 Å². The summed E-state index contributed by atoms with van der Waals surface area (Å²) in [6.45, 7) is 8.70. The first kappa shape index (κ1) is 23.2. The molecule has 1 amide bonds. The van der Waals surface area contributed by atoms with Gasteiger partial charge in [0.05, 0.1) is 13.2 Å². The Morgan fingerprint density at radius 1 is 1.31 bits per heavy atom. The molecule has 1 N–H and O–H groups in total. The zero-order valence-electron chi connectivity index (χ0n) is 18.4. The quantitative estimate of drug-likeness (QED) is 0.588. The van der Waals surface area contributed by atoms with Crippen LogP contribution in [0.2, 0.25) is 0 Å². The van der Waals surface area contributed by atoms with Gasteiger partial charge in [-0.25, -0.2) is 4.79 Å². The van der Waals surface area contributed by atoms with E-state index in [1.807, 2.05) is 20.8 Å². The number of anilines is 1. The second kappa shape index (κ2) is 10.6. The first-order valence-corrected chi connectivity index (χ1v) is 10.7. The molecule has 0 saturated heterocycles. The van der Waals surface area contributed by atoms with E-state index in [1.165, 1.54) is 7.11 Å². The van der Waals surface area contributed by atoms with Crippen molar-refractivity contribution in [3.8, 4) is 5.75 Å². The van der Waals surface area contributed by atoms with Gasteiger partial charge in [-0.2, -0.15) is 0 Å². The Morgan fingerprint density at radius 3 is 2.69 bits per heavy atom. The second-order valence-electron chi connectivity index (χ2n) is 8.04. The molecule has 0 spiro atoms. The highest BCUT2D eigenvalue weighted by Crippen LogP contribution is 2.37. The Bertz CT molecular complexity index is 705. The lowest BCUT2D eigenvalue weighted by atomic mass is 9.78. The summed E-state index contributed by atoms with van der Waals surface area (Å²) in [7, 11) is 1.33. The van der Waals surface area contributed by atoms with E-state index in [9.17, 15) is 9.59 Å². The van der Waals surface area contributed by atoms with E-state index in [1.54, 1.807) is 18.2 Å². The summed E-state index contributed by atoms with van der Waals surface area (Å²) in [6.07, 6.45) is 5.13. The van der Waals surface area contributed by atoms with Crippen LogP contribution in [-0.4, -0.2) is 37.3 Å². The minimum atomic E-state index is -0.814. The van der Waals surface area contributed by atoms with Crippen molar-refractivity contribution in [1.82, 2.24) is 0 Å². The molecule has 1 saturated carbocycles. The first-order chi connectivity index (χ1) is 13.8. The van der Waals surface area contributed by atoms with Crippen molar-refractivity contribution in [2.24, 2.45) is 5.92 Å². The number of ether oxygens (including phenoxy) is 3. The molecule has 6 heteroatoms. The monoisotopic (exact) mass is 405 g/mol. The fourth-order valence-electron chi connectivity index (χ4n) is 3.73. The van der Waals surface area contributed by atoms with Gasteiger partial charge in [0.1, 0.15) is 16.9 Å². The number of amides is 1. The highest BCUT2D eigenvalue weighted by molar-refractivity contribution is 5.99. The lowest BCUT2D eigenvalue weighted by Gasteiger charge is -2.38. The third kappa shape index (κ3) is 5.95. The summed E-state index contributed by atoms with van der Waals surface area (Å²) in [5.74, 6) is 0.238. The van der Waals surface area contributed by atoms with E-state index in [0.29, 0.717) is 42.4 Å². The van der Waals surface area contributed by atoms with Crippen LogP contribution >= 0.6 is 0 Å². The van der Waals surface area contributed by atoms with E-state index in [4.69, 9.17) is 14.2 Å². The molecule has 2 rings (SSSR count). The Hall–Kier alpha value is -2.08. The van der Waals surface area contributed by atoms with E-state index in [0.717, 1.165) is 25.7 Å². The molecular formula is C23H35NO5. The van der Waals surface area contributed by atoms with E-state index in [2.05, 4.69) is 12.2 Å². The molecule has 1 aliphatic rings. The minimum absolute atomic E-state index is 0.0340. The van der Waals surface area contributed by atoms with E-state index < -0.39 is 11.6 Å². The Labute approximate surface area is 174 Å². The molecule has 0 aliphatic heterocycles. The number of methoxy groups -OCH3 is 1. The van der Waals surface area contributed by atoms with Crippen molar-refractivity contribution in [2.75, 3.05) is 19.0 Å². The number of esters is 1. The van der Waals surface area contributed by atoms with Crippen LogP contribution in [-0.2, 0) is 14.3 Å². The van der Waals surface area contributed by atoms with Gasteiger partial charge in [-0.1, -0.05) is 27.2 Å². The van der Waals surface area contributed by atoms with Crippen molar-refractivity contribution in [1.29, 1.82) is 0 Å². The molecule has 6 nitrogen and oxygen atoms in total. The Balaban J connectivity index is 2.26. The summed E-state index contributed by atoms with van der Waals surface area (Å²) >= 11 is 0. The van der Waals surface area contributed by atoms with Crippen LogP contribution in [0.5, 0.6) is 5.75 Å². The molecule has 1 aliphatic carbocycles. The maximum Gasteiger partial charge on any atom is 0.341 e. The summed E-state index contributed by atoms with van der Waals surface area (Å²) in [4.78, 5) is 25.5. The number of hydrogen-bond acceptors (Lipinski definition) is 5. The number of hydrogen-bond donors (Lipinski definition) is 1. The normalized spacial score (nSPS) is 22.6. The van der Waals surface area contributed by atoms with Crippen LogP contribution in [0.15, 0.2) is 18.2 Å². The SMILES string of the molecule is CCCO[C@]1(C(=O)Nc2ccc(O[C@H](C)CC)c(C(=O)OC)c2)CCC[C@H](C)C1. The molecule has 1 aromatic rings. The summed E-state index contributed by atoms with van der Waals surface area (Å²) < 4.78 is 16.8. The summed E-state index contributed by atoms with van der Waals surface area (Å²) in [5.41, 5.74) is 0.0149. The minimum Gasteiger partial charge on any atom is -0.490 e. The molecule has 1 fully saturated rings. The van der Waals surface area contributed by atoms with Gasteiger partial charge in [0.25, 0.3) is 5.91 Å². The molecule has 0 heterocycles. The smallest absolute Gasteiger partial charge is 0.341 e. The molecule has 3 atom stereocenters. The number of rotatable bonds is 9. The van der Waals surface area contributed by atoms with Crippen molar-refractivity contribution in [2.45, 2.75) is 77.9 Å². The summed E-state index contributed by atoms with van der Waals surface area (Å²) in [5, 5.41) is 2.97. The average Bonchev–Trinajstić information content (AvgIpc) is 2.72. The molecule has 0 bridgehead atoms. The van der Waals surface area contributed by atoms with Gasteiger partial charge in [-0.3, -0.25) is 4.79 Å². The largest absolute Gasteiger partial charge is 0.490 e. The molecule has 0 radical (unpaired) electrons. The zero-order chi connectivity index (χ0) is 21.4. The molecule has 162 valence electrons. The number of benzene rings is 1. The Kier molecular flexibility index (Phi) is 8.50. The van der Waals surface area contributed by atoms with Crippen LogP contribution in [0.4, 0.5) is 5.69 Å². The maximum absolute atomic E-state index is 13.2. The van der Waals surface area contributed by atoms with Crippen LogP contribution in [0.1, 0.15) is 76.6 Å². The highest BCUT2D eigenvalue weighted by Gasteiger charge is 2.42. The number of nitrogens with one attached hydrogen (secondary N) is 1. The second-order valence-corrected chi connectivity index (χ2v) is 8.04. The third-order valence-electron chi connectivity index (χ3n) is 5.50. The van der Waals surface area contributed by atoms with Crippen molar-refractivity contribution >= 4 is 17.6 Å². The van der Waals surface area contributed by atoms with Gasteiger partial charge in [-0.15, -0.1) is 0 Å². The lowest BCUT2D eigenvalue weighted by Crippen LogP contribution is -2.48. The van der Waals surface area contributed by atoms with Crippen molar-refractivity contribution in [3.63, 3.8) is 0 Å². The topological polar surface area (TPSA) is 73.9 Å². The zero-order valence-corrected chi connectivity index (χ0v) is 18.4. The predicted octanol–water partition coefficient (Wildman–Crippen LogP) is 4.96. The maximum atomic E-state index is 13.2. The predicted molar refractivity (Wildman–Crippen MR) is 113 cm³/mol. The van der Waals surface area contributed by atoms with Crippen LogP contribution < -0.4 is 10.1 Å². The van der Waals surface area contributed by atoms with Crippen LogP contribution in [0.25, 0.3) is 0 Å². The van der Waals surface area contributed by atoms with Gasteiger partial charge in [0.2, 0.25) is 0 Å². The van der Waals surface area contributed by atoms with Gasteiger partial charge in [0, 0.05) is 12.3 Å². The number of carbonyl (C=O) groups excluding carboxylic acids is 2. The van der Waals surface area contributed by atoms with E-state index >= 15 is 0 Å². The standard InChI is InChI=1S/C23H35NO5/c1-6-13-28-23(12-8-9-16(3)15-23)22(26)24-18-10-11-20(29-17(4)7-2)19(14-18)21(25)27-5/h10-11,14,16-17H,6-9,12-13,15H2,1-5H3,(H,24,26)/t16-,17+,23+/m0/s1. The lowest BCUT2D eigenvalue weighted by molar-refractivity contribution is -0.148. The van der Waals surface area contributed by atoms with Gasteiger partial charge in [-0.05, 0) is 63.1 Å². The fourth-order valence-corrected chi connectivity index (χ4v) is 3.73. The third-order valence-corrected chi connectivity index (χ3v) is 5.50. The molecule has 0 unspecified atom stereocenters. The van der Waals surface area contributed by atoms with Crippen LogP contribution in [0, 0.1) is 5.92 Å². The molecular weight excluding hydrogens is 370 g/mol. The van der Waals surface area contributed by atoms with Gasteiger partial charge >= 0.3 is 5.97 Å². The molecule has 29 heavy (non-hydrogen) atoms. The number of carbonyl (C=O) groups is 2. The van der Waals surface area contributed by atoms with Crippen molar-refractivity contribution < 1.29 is 23.8 Å². The van der Waals surface area contributed by atoms with Gasteiger partial charge < -0.3 is 19.5 Å². The molecule has 1 aromatic carbocycles. The first-order valence-electron chi connectivity index (χ1n) is 10.7. The van der Waals surface area contributed by atoms with Gasteiger partial charge in [0.15, 0.2) is 0 Å². The van der Waals surface area contributed by atoms with Crippen LogP contribution in [0.3, 0.4) is 0 Å². The van der Waals surface area contributed by atoms with Crippen molar-refractivity contribution in [3.05, 3.63) is 23.8 Å². The summed E-state index contributed by atoms with van der Waals surface area (Å²) in [6, 6.07) is 5.07. The highest BCUT2D eigenvalue weighted by atomic mass is 16.5. The average molecular weight is 406 g/mol. The molecule has 0 aromatic heterocycles.